The molecule has 1 heterocycles. The van der Waals surface area contributed by atoms with Crippen molar-refractivity contribution >= 4 is 22.3 Å². The van der Waals surface area contributed by atoms with Crippen molar-refractivity contribution in [2.24, 2.45) is 0 Å². The summed E-state index contributed by atoms with van der Waals surface area (Å²) in [5, 5.41) is 14.8. The van der Waals surface area contributed by atoms with Gasteiger partial charge in [0.05, 0.1) is 35.3 Å². The highest BCUT2D eigenvalue weighted by Gasteiger charge is 2.20. The summed E-state index contributed by atoms with van der Waals surface area (Å²) in [4.78, 5) is 31.4. The number of anilines is 1. The molecular weight excluding hydrogens is 362 g/mol. The lowest BCUT2D eigenvalue weighted by Crippen LogP contribution is -2.27. The van der Waals surface area contributed by atoms with Crippen molar-refractivity contribution in [1.82, 2.24) is 14.9 Å². The van der Waals surface area contributed by atoms with Crippen LogP contribution in [0.25, 0.3) is 10.9 Å². The zero-order valence-electron chi connectivity index (χ0n) is 15.8. The molecule has 0 radical (unpaired) electrons. The number of benzene rings is 2. The van der Waals surface area contributed by atoms with Crippen LogP contribution in [-0.2, 0) is 0 Å². The van der Waals surface area contributed by atoms with Crippen LogP contribution in [0.15, 0.2) is 47.5 Å². The molecule has 1 unspecified atom stereocenters. The van der Waals surface area contributed by atoms with Crippen molar-refractivity contribution in [3.8, 4) is 5.75 Å². The van der Waals surface area contributed by atoms with Gasteiger partial charge in [-0.2, -0.15) is 0 Å². The molecule has 9 heteroatoms. The van der Waals surface area contributed by atoms with Gasteiger partial charge in [0.25, 0.3) is 11.2 Å². The van der Waals surface area contributed by atoms with Gasteiger partial charge in [-0.25, -0.2) is 4.98 Å². The van der Waals surface area contributed by atoms with E-state index in [2.05, 4.69) is 15.3 Å². The minimum absolute atomic E-state index is 0.0339. The number of nitrogens with one attached hydrogen (secondary N) is 2. The van der Waals surface area contributed by atoms with E-state index in [4.69, 9.17) is 4.74 Å². The molecule has 0 bridgehead atoms. The second kappa shape index (κ2) is 8.05. The van der Waals surface area contributed by atoms with Crippen molar-refractivity contribution in [3.63, 3.8) is 0 Å². The number of hydrogen-bond acceptors (Lipinski definition) is 7. The molecule has 2 aromatic carbocycles. The predicted octanol–water partition coefficient (Wildman–Crippen LogP) is 2.55. The van der Waals surface area contributed by atoms with Gasteiger partial charge in [-0.15, -0.1) is 0 Å². The fourth-order valence-corrected chi connectivity index (χ4v) is 3.03. The van der Waals surface area contributed by atoms with E-state index in [1.54, 1.807) is 7.11 Å². The average Bonchev–Trinajstić information content (AvgIpc) is 2.68. The van der Waals surface area contributed by atoms with E-state index in [-0.39, 0.29) is 17.1 Å². The quantitative estimate of drug-likeness (QED) is 0.476. The van der Waals surface area contributed by atoms with Gasteiger partial charge in [-0.1, -0.05) is 12.1 Å². The van der Waals surface area contributed by atoms with Gasteiger partial charge >= 0.3 is 0 Å². The molecule has 0 fully saturated rings. The molecule has 0 saturated carbocycles. The number of hydrogen-bond donors (Lipinski definition) is 2. The van der Waals surface area contributed by atoms with Crippen LogP contribution in [0.5, 0.6) is 5.75 Å². The van der Waals surface area contributed by atoms with Gasteiger partial charge in [0.15, 0.2) is 0 Å². The number of nitrogens with zero attached hydrogens (tertiary/aromatic N) is 3. The highest BCUT2D eigenvalue weighted by atomic mass is 16.6. The van der Waals surface area contributed by atoms with Gasteiger partial charge in [0, 0.05) is 12.6 Å². The highest BCUT2D eigenvalue weighted by molar-refractivity contribution is 5.86. The Bertz CT molecular complexity index is 1050. The third-order valence-electron chi connectivity index (χ3n) is 4.56. The smallest absolute Gasteiger partial charge is 0.293 e. The number of aromatic nitrogens is 2. The summed E-state index contributed by atoms with van der Waals surface area (Å²) in [7, 11) is 5.48. The number of fused-ring (bicyclic) bond motifs is 1. The van der Waals surface area contributed by atoms with Crippen molar-refractivity contribution < 1.29 is 9.66 Å². The molecule has 3 aromatic rings. The lowest BCUT2D eigenvalue weighted by Gasteiger charge is -2.25. The number of nitro groups is 1. The van der Waals surface area contributed by atoms with Crippen molar-refractivity contribution in [1.29, 1.82) is 0 Å². The Labute approximate surface area is 161 Å². The predicted molar refractivity (Wildman–Crippen MR) is 107 cm³/mol. The van der Waals surface area contributed by atoms with Crippen molar-refractivity contribution in [2.75, 3.05) is 33.1 Å². The first-order chi connectivity index (χ1) is 13.4. The van der Waals surface area contributed by atoms with Crippen LogP contribution in [-0.4, -0.2) is 47.5 Å². The van der Waals surface area contributed by atoms with Crippen molar-refractivity contribution in [3.05, 3.63) is 68.8 Å². The van der Waals surface area contributed by atoms with Crippen LogP contribution in [0.4, 0.5) is 11.4 Å². The normalized spacial score (nSPS) is 12.1. The Morgan fingerprint density at radius 3 is 2.61 bits per heavy atom. The summed E-state index contributed by atoms with van der Waals surface area (Å²) in [6.45, 7) is 0.425. The zero-order valence-corrected chi connectivity index (χ0v) is 15.8. The molecule has 0 aliphatic heterocycles. The molecule has 3 rings (SSSR count). The van der Waals surface area contributed by atoms with Crippen LogP contribution in [0, 0.1) is 10.1 Å². The lowest BCUT2D eigenvalue weighted by atomic mass is 10.1. The van der Waals surface area contributed by atoms with Crippen LogP contribution in [0.2, 0.25) is 0 Å². The van der Waals surface area contributed by atoms with Crippen LogP contribution < -0.4 is 15.6 Å². The van der Waals surface area contributed by atoms with E-state index < -0.39 is 10.5 Å². The molecule has 0 amide bonds. The number of methoxy groups -OCH3 is 1. The van der Waals surface area contributed by atoms with E-state index >= 15 is 0 Å². The van der Waals surface area contributed by atoms with Crippen LogP contribution in [0.3, 0.4) is 0 Å². The molecule has 1 aromatic heterocycles. The molecule has 0 aliphatic carbocycles. The van der Waals surface area contributed by atoms with E-state index in [1.165, 1.54) is 18.5 Å². The SMILES string of the molecule is COc1ccc(C(CNc2cc3nc[nH]c(=O)c3cc2[N+](=O)[O-])N(C)C)cc1. The van der Waals surface area contributed by atoms with Gasteiger partial charge in [0.1, 0.15) is 11.4 Å². The molecule has 9 nitrogen and oxygen atoms in total. The van der Waals surface area contributed by atoms with Gasteiger partial charge in [-0.3, -0.25) is 14.9 Å². The summed E-state index contributed by atoms with van der Waals surface area (Å²) < 4.78 is 5.19. The van der Waals surface area contributed by atoms with Crippen molar-refractivity contribution in [2.45, 2.75) is 6.04 Å². The minimum Gasteiger partial charge on any atom is -0.497 e. The first-order valence-corrected chi connectivity index (χ1v) is 8.60. The summed E-state index contributed by atoms with van der Waals surface area (Å²) in [5.41, 5.74) is 1.16. The Hall–Kier alpha value is -3.46. The molecule has 28 heavy (non-hydrogen) atoms. The van der Waals surface area contributed by atoms with E-state index in [9.17, 15) is 14.9 Å². The summed E-state index contributed by atoms with van der Waals surface area (Å²) >= 11 is 0. The van der Waals surface area contributed by atoms with Crippen LogP contribution in [0.1, 0.15) is 11.6 Å². The molecule has 0 aliphatic rings. The number of likely N-dealkylation sites (N-methyl/N-ethyl adjacent to an activating group) is 1. The first-order valence-electron chi connectivity index (χ1n) is 8.60. The maximum atomic E-state index is 11.9. The van der Waals surface area contributed by atoms with Gasteiger partial charge < -0.3 is 19.9 Å². The zero-order chi connectivity index (χ0) is 20.3. The summed E-state index contributed by atoms with van der Waals surface area (Å²) in [6.07, 6.45) is 1.28. The largest absolute Gasteiger partial charge is 0.497 e. The van der Waals surface area contributed by atoms with E-state index in [0.29, 0.717) is 17.7 Å². The second-order valence-corrected chi connectivity index (χ2v) is 6.51. The third kappa shape index (κ3) is 3.94. The monoisotopic (exact) mass is 383 g/mol. The Morgan fingerprint density at radius 1 is 1.29 bits per heavy atom. The number of rotatable bonds is 7. The number of nitro benzene ring substituents is 1. The average molecular weight is 383 g/mol. The second-order valence-electron chi connectivity index (χ2n) is 6.51. The highest BCUT2D eigenvalue weighted by Crippen LogP contribution is 2.29. The Balaban J connectivity index is 1.92. The fourth-order valence-electron chi connectivity index (χ4n) is 3.03. The van der Waals surface area contributed by atoms with E-state index in [0.717, 1.165) is 11.3 Å². The molecule has 0 saturated heterocycles. The standard InChI is InChI=1S/C19H21N5O4/c1-23(2)18(12-4-6-13(28-3)7-5-12)10-20-16-9-15-14(8-17(16)24(26)27)19(25)22-11-21-15/h4-9,11,18,20H,10H2,1-3H3,(H,21,22,25). The molecular formula is C19H21N5O4. The summed E-state index contributed by atoms with van der Waals surface area (Å²) in [6, 6.07) is 10.4. The molecule has 0 spiro atoms. The third-order valence-corrected chi connectivity index (χ3v) is 4.56. The number of ether oxygens (including phenoxy) is 1. The lowest BCUT2D eigenvalue weighted by molar-refractivity contribution is -0.383. The maximum absolute atomic E-state index is 11.9. The Morgan fingerprint density at radius 2 is 2.00 bits per heavy atom. The molecule has 2 N–H and O–H groups in total. The maximum Gasteiger partial charge on any atom is 0.293 e. The fraction of sp³-hybridized carbons (Fsp3) is 0.263. The van der Waals surface area contributed by atoms with Gasteiger partial charge in [-0.05, 0) is 37.9 Å². The van der Waals surface area contributed by atoms with Crippen LogP contribution >= 0.6 is 0 Å². The van der Waals surface area contributed by atoms with E-state index in [1.807, 2.05) is 43.3 Å². The Kier molecular flexibility index (Phi) is 5.55. The number of aromatic amines is 1. The molecule has 1 atom stereocenters. The number of H-pyrrole nitrogens is 1. The summed E-state index contributed by atoms with van der Waals surface area (Å²) in [5.74, 6) is 0.760. The minimum atomic E-state index is -0.508. The topological polar surface area (TPSA) is 113 Å². The molecule has 146 valence electrons. The first kappa shape index (κ1) is 19.3. The van der Waals surface area contributed by atoms with Gasteiger partial charge in [0.2, 0.25) is 0 Å².